The second-order valence-corrected chi connectivity index (χ2v) is 17.3. The zero-order chi connectivity index (χ0) is 32.4. The van der Waals surface area contributed by atoms with Crippen LogP contribution < -0.4 is 14.4 Å². The number of sulfonamides is 1. The number of ether oxygens (including phenoxy) is 1. The number of halogens is 1. The molecule has 244 valence electrons. The van der Waals surface area contributed by atoms with Crippen LogP contribution in [0.1, 0.15) is 88.2 Å². The maximum absolute atomic E-state index is 13.5. The largest absolute Gasteiger partial charge is 0.490 e. The first-order chi connectivity index (χ1) is 21.2. The second-order valence-electron chi connectivity index (χ2n) is 14.8. The average Bonchev–Trinajstić information content (AvgIpc) is 3.12. The van der Waals surface area contributed by atoms with Crippen LogP contribution in [0.2, 0.25) is 5.02 Å². The first-order valence-electron chi connectivity index (χ1n) is 16.4. The third-order valence-corrected chi connectivity index (χ3v) is 13.7. The number of hydrogen-bond donors (Lipinski definition) is 2. The number of carbonyl (C=O) groups excluding carboxylic acids is 1. The van der Waals surface area contributed by atoms with Crippen LogP contribution >= 0.6 is 11.6 Å². The van der Waals surface area contributed by atoms with Crippen LogP contribution in [0.3, 0.4) is 0 Å². The van der Waals surface area contributed by atoms with Gasteiger partial charge in [0.25, 0.3) is 5.91 Å². The summed E-state index contributed by atoms with van der Waals surface area (Å²) >= 11 is 6.43. The molecule has 9 heteroatoms. The van der Waals surface area contributed by atoms with Crippen LogP contribution in [0.15, 0.2) is 48.6 Å². The Labute approximate surface area is 273 Å². The van der Waals surface area contributed by atoms with E-state index in [2.05, 4.69) is 42.5 Å². The number of aliphatic hydroxyl groups is 1. The summed E-state index contributed by atoms with van der Waals surface area (Å²) in [5.74, 6) is -0.241. The van der Waals surface area contributed by atoms with Crippen LogP contribution in [-0.4, -0.2) is 50.0 Å². The minimum atomic E-state index is -3.95. The molecular weight excluding hydrogens is 608 g/mol. The molecule has 6 rings (SSSR count). The Bertz CT molecular complexity index is 1620. The number of hydrogen-bond acceptors (Lipinski definition) is 6. The van der Waals surface area contributed by atoms with Gasteiger partial charge in [0.15, 0.2) is 0 Å². The summed E-state index contributed by atoms with van der Waals surface area (Å²) in [5, 5.41) is 12.2. The quantitative estimate of drug-likeness (QED) is 0.334. The summed E-state index contributed by atoms with van der Waals surface area (Å²) in [7, 11) is -3.95. The highest BCUT2D eigenvalue weighted by Crippen LogP contribution is 2.56. The van der Waals surface area contributed by atoms with Crippen molar-refractivity contribution in [2.45, 2.75) is 89.4 Å². The maximum atomic E-state index is 13.5. The van der Waals surface area contributed by atoms with E-state index in [4.69, 9.17) is 16.3 Å². The molecule has 4 aliphatic rings. The Morgan fingerprint density at radius 1 is 1.11 bits per heavy atom. The first kappa shape index (κ1) is 32.4. The molecule has 1 spiro atoms. The van der Waals surface area contributed by atoms with Gasteiger partial charge in [0.05, 0.1) is 23.1 Å². The van der Waals surface area contributed by atoms with Gasteiger partial charge in [-0.25, -0.2) is 13.1 Å². The number of aryl methyl sites for hydroxylation is 1. The third-order valence-electron chi connectivity index (χ3n) is 11.6. The maximum Gasteiger partial charge on any atom is 0.264 e. The van der Waals surface area contributed by atoms with Crippen molar-refractivity contribution < 1.29 is 23.1 Å². The van der Waals surface area contributed by atoms with Crippen molar-refractivity contribution >= 4 is 33.2 Å². The number of nitrogens with zero attached hydrogens (tertiary/aromatic N) is 1. The van der Waals surface area contributed by atoms with Gasteiger partial charge in [-0.15, -0.1) is 0 Å². The molecule has 2 aliphatic heterocycles. The summed E-state index contributed by atoms with van der Waals surface area (Å²) in [4.78, 5) is 15.8. The monoisotopic (exact) mass is 654 g/mol. The molecule has 7 nitrogen and oxygen atoms in total. The number of nitrogens with one attached hydrogen (secondary N) is 1. The van der Waals surface area contributed by atoms with E-state index < -0.39 is 26.8 Å². The molecule has 2 N–H and O–H groups in total. The minimum Gasteiger partial charge on any atom is -0.490 e. The van der Waals surface area contributed by atoms with Gasteiger partial charge in [-0.05, 0) is 110 Å². The lowest BCUT2D eigenvalue weighted by Crippen LogP contribution is -2.59. The molecule has 2 bridgehead atoms. The molecule has 1 fully saturated rings. The molecule has 1 unspecified atom stereocenters. The molecule has 6 atom stereocenters. The van der Waals surface area contributed by atoms with Crippen molar-refractivity contribution in [1.29, 1.82) is 0 Å². The second kappa shape index (κ2) is 11.6. The lowest BCUT2D eigenvalue weighted by atomic mass is 9.52. The molecule has 0 aromatic heterocycles. The lowest BCUT2D eigenvalue weighted by molar-refractivity contribution is -0.117. The summed E-state index contributed by atoms with van der Waals surface area (Å²) in [5.41, 5.74) is 2.01. The van der Waals surface area contributed by atoms with Crippen molar-refractivity contribution in [3.63, 3.8) is 0 Å². The average molecular weight is 655 g/mol. The number of fused-ring (bicyclic) bond motifs is 4. The van der Waals surface area contributed by atoms with Crippen molar-refractivity contribution in [2.75, 3.05) is 24.6 Å². The topological polar surface area (TPSA) is 95.9 Å². The summed E-state index contributed by atoms with van der Waals surface area (Å²) in [6, 6.07) is 11.4. The van der Waals surface area contributed by atoms with Crippen molar-refractivity contribution in [3.8, 4) is 5.75 Å². The van der Waals surface area contributed by atoms with E-state index in [1.807, 2.05) is 25.1 Å². The SMILES string of the molecule is CC(C)[C@]1(O)/C=C/C[C@H](C)[C@@H](C)S(=O)(=O)NC(=O)c2ccc3c(c2)N(CC2(C)CC[C@H]21)C[C@@]1(CCCc2cc(Cl)ccc21)CO3. The highest BCUT2D eigenvalue weighted by atomic mass is 35.5. The van der Waals surface area contributed by atoms with Crippen molar-refractivity contribution in [1.82, 2.24) is 4.72 Å². The molecule has 45 heavy (non-hydrogen) atoms. The molecule has 2 aliphatic carbocycles. The van der Waals surface area contributed by atoms with Crippen molar-refractivity contribution in [2.24, 2.45) is 23.2 Å². The van der Waals surface area contributed by atoms with E-state index in [1.165, 1.54) is 11.1 Å². The number of rotatable bonds is 1. The van der Waals surface area contributed by atoms with Crippen LogP contribution in [0.4, 0.5) is 5.69 Å². The smallest absolute Gasteiger partial charge is 0.264 e. The fourth-order valence-corrected chi connectivity index (χ4v) is 9.87. The molecule has 1 saturated carbocycles. The fourth-order valence-electron chi connectivity index (χ4n) is 8.39. The van der Waals surface area contributed by atoms with Crippen LogP contribution in [0.5, 0.6) is 5.75 Å². The van der Waals surface area contributed by atoms with E-state index >= 15 is 0 Å². The van der Waals surface area contributed by atoms with Gasteiger partial charge >= 0.3 is 0 Å². The lowest BCUT2D eigenvalue weighted by Gasteiger charge is -2.57. The van der Waals surface area contributed by atoms with Gasteiger partial charge in [-0.1, -0.05) is 57.5 Å². The Morgan fingerprint density at radius 2 is 1.89 bits per heavy atom. The summed E-state index contributed by atoms with van der Waals surface area (Å²) in [6.45, 7) is 11.7. The normalized spacial score (nSPS) is 35.3. The standard InChI is InChI=1S/C36H47ClN2O5S/c1-23(2)36(41)16-6-8-24(3)25(4)45(42,43)38-33(40)27-10-13-31-30(19-27)39(20-34(5)17-14-32(34)36)21-35(22-44-31)15-7-9-26-18-28(37)11-12-29(26)35/h6,10-13,16,18-19,23-25,32,41H,7-9,14-15,17,20-22H2,1-5H3,(H,38,40)/b16-6+/t24-,25+,32+,34?,35-,36+/m0/s1. The summed E-state index contributed by atoms with van der Waals surface area (Å²) < 4.78 is 35.6. The minimum absolute atomic E-state index is 0.0121. The van der Waals surface area contributed by atoms with Crippen molar-refractivity contribution in [3.05, 3.63) is 70.3 Å². The number of allylic oxidation sites excluding steroid dienone is 1. The Balaban J connectivity index is 1.49. The molecule has 0 saturated heterocycles. The van der Waals surface area contributed by atoms with Crippen LogP contribution in [0.25, 0.3) is 0 Å². The molecule has 2 aromatic carbocycles. The van der Waals surface area contributed by atoms with Gasteiger partial charge in [0.2, 0.25) is 10.0 Å². The van der Waals surface area contributed by atoms with Gasteiger partial charge < -0.3 is 14.7 Å². The predicted molar refractivity (Wildman–Crippen MR) is 180 cm³/mol. The molecule has 2 heterocycles. The third kappa shape index (κ3) is 5.69. The molecule has 0 radical (unpaired) electrons. The fraction of sp³-hybridized carbons (Fsp3) is 0.583. The van der Waals surface area contributed by atoms with E-state index in [0.717, 1.165) is 42.8 Å². The Kier molecular flexibility index (Phi) is 8.35. The van der Waals surface area contributed by atoms with E-state index in [1.54, 1.807) is 25.1 Å². The molecular formula is C36H47ClN2O5S. The van der Waals surface area contributed by atoms with Gasteiger partial charge in [-0.3, -0.25) is 4.79 Å². The highest BCUT2D eigenvalue weighted by Gasteiger charge is 2.55. The number of amides is 1. The van der Waals surface area contributed by atoms with Gasteiger partial charge in [0.1, 0.15) is 5.75 Å². The predicted octanol–water partition coefficient (Wildman–Crippen LogP) is 6.66. The molecule has 1 amide bonds. The zero-order valence-electron chi connectivity index (χ0n) is 27.1. The number of anilines is 1. The van der Waals surface area contributed by atoms with Gasteiger partial charge in [0, 0.05) is 29.1 Å². The van der Waals surface area contributed by atoms with E-state index in [-0.39, 0.29) is 34.1 Å². The van der Waals surface area contributed by atoms with E-state index in [9.17, 15) is 18.3 Å². The Hall–Kier alpha value is -2.55. The highest BCUT2D eigenvalue weighted by molar-refractivity contribution is 7.90. The number of benzene rings is 2. The Morgan fingerprint density at radius 3 is 2.60 bits per heavy atom. The first-order valence-corrected chi connectivity index (χ1v) is 18.4. The number of carbonyl (C=O) groups is 1. The van der Waals surface area contributed by atoms with Crippen LogP contribution in [-0.2, 0) is 21.9 Å². The molecule has 2 aromatic rings. The van der Waals surface area contributed by atoms with E-state index in [0.29, 0.717) is 31.9 Å². The zero-order valence-corrected chi connectivity index (χ0v) is 28.7. The van der Waals surface area contributed by atoms with Crippen LogP contribution in [0, 0.1) is 23.2 Å². The summed E-state index contributed by atoms with van der Waals surface area (Å²) in [6.07, 6.45) is 9.16. The van der Waals surface area contributed by atoms with Gasteiger partial charge in [-0.2, -0.15) is 0 Å².